The minimum Gasteiger partial charge on any atom is -0.478 e. The maximum Gasteiger partial charge on any atom is 0.327 e. The van der Waals surface area contributed by atoms with Crippen LogP contribution in [0.25, 0.3) is 43.6 Å². The Morgan fingerprint density at radius 3 is 1.10 bits per heavy atom. The number of aromatic nitrogens is 8. The number of benzene rings is 8. The van der Waals surface area contributed by atoms with Gasteiger partial charge in [0.05, 0.1) is 92.7 Å². The normalized spacial score (nSPS) is 17.4. The van der Waals surface area contributed by atoms with Gasteiger partial charge in [0.15, 0.2) is 23.3 Å². The molecule has 12 aromatic rings. The summed E-state index contributed by atoms with van der Waals surface area (Å²) < 4.78 is 106. The Labute approximate surface area is 817 Å². The molecule has 4 aliphatic rings. The molecule has 8 aromatic carbocycles. The van der Waals surface area contributed by atoms with E-state index in [1.165, 1.54) is 79.9 Å². The molecule has 4 atom stereocenters. The number of alkyl halides is 5. The average Bonchev–Trinajstić information content (AvgIpc) is 1.25. The van der Waals surface area contributed by atoms with Crippen molar-refractivity contribution >= 4 is 187 Å². The van der Waals surface area contributed by atoms with Crippen molar-refractivity contribution in [3.05, 3.63) is 258 Å². The van der Waals surface area contributed by atoms with Gasteiger partial charge in [-0.1, -0.05) is 147 Å². The van der Waals surface area contributed by atoms with Gasteiger partial charge in [0.2, 0.25) is 5.91 Å². The molecule has 16 rings (SSSR count). The van der Waals surface area contributed by atoms with Gasteiger partial charge in [-0.05, 0) is 171 Å². The fourth-order valence-electron chi connectivity index (χ4n) is 14.9. The topological polar surface area (TPSA) is 352 Å². The molecule has 4 aromatic heterocycles. The molecule has 8 heterocycles. The number of nitro groups is 2. The van der Waals surface area contributed by atoms with Crippen molar-refractivity contribution in [1.29, 1.82) is 0 Å². The number of amides is 1. The predicted octanol–water partition coefficient (Wildman–Crippen LogP) is 21.2. The zero-order chi connectivity index (χ0) is 99.6. The van der Waals surface area contributed by atoms with E-state index < -0.39 is 51.7 Å². The van der Waals surface area contributed by atoms with Crippen molar-refractivity contribution < 1.29 is 59.7 Å². The Morgan fingerprint density at radius 1 is 0.478 bits per heavy atom. The summed E-state index contributed by atoms with van der Waals surface area (Å²) in [6.45, 7) is 20.3. The molecule has 4 aliphatic heterocycles. The molecule has 0 bridgehead atoms. The van der Waals surface area contributed by atoms with Crippen LogP contribution in [0.4, 0.5) is 104 Å². The first kappa shape index (κ1) is 105. The van der Waals surface area contributed by atoms with Gasteiger partial charge >= 0.3 is 5.97 Å². The third-order valence-electron chi connectivity index (χ3n) is 22.2. The second kappa shape index (κ2) is 48.5. The van der Waals surface area contributed by atoms with Crippen LogP contribution in [0.1, 0.15) is 75.6 Å². The van der Waals surface area contributed by atoms with Gasteiger partial charge in [0.25, 0.3) is 11.4 Å². The van der Waals surface area contributed by atoms with E-state index in [2.05, 4.69) is 165 Å². The van der Waals surface area contributed by atoms with Gasteiger partial charge in [0.1, 0.15) is 79.7 Å². The van der Waals surface area contributed by atoms with E-state index in [1.807, 2.05) is 25.7 Å². The van der Waals surface area contributed by atoms with E-state index in [4.69, 9.17) is 57.2 Å². The predicted molar refractivity (Wildman–Crippen MR) is 530 cm³/mol. The van der Waals surface area contributed by atoms with Crippen molar-refractivity contribution in [2.45, 2.75) is 53.4 Å². The first-order valence-corrected chi connectivity index (χ1v) is 45.3. The lowest BCUT2D eigenvalue weighted by Gasteiger charge is -2.18. The first-order chi connectivity index (χ1) is 66.0. The lowest BCUT2D eigenvalue weighted by atomic mass is 9.90. The molecular weight excluding hydrogens is 1940 g/mol. The highest BCUT2D eigenvalue weighted by Crippen LogP contribution is 2.40. The van der Waals surface area contributed by atoms with Crippen molar-refractivity contribution in [3.63, 3.8) is 0 Å². The van der Waals surface area contributed by atoms with Crippen molar-refractivity contribution in [2.75, 3.05) is 136 Å². The summed E-state index contributed by atoms with van der Waals surface area (Å²) in [5.41, 5.74) is 10.0. The molecule has 4 unspecified atom stereocenters. The number of likely N-dealkylation sites (tertiary alicyclic amines) is 3. The smallest absolute Gasteiger partial charge is 0.327 e. The number of nitro benzene ring substituents is 2. The number of hydrogen-bond donors (Lipinski definition) is 8. The molecule has 1 amide bonds. The number of hydrogen-bond acceptors (Lipinski definition) is 23. The van der Waals surface area contributed by atoms with E-state index in [9.17, 15) is 64.9 Å². The van der Waals surface area contributed by atoms with E-state index in [1.54, 1.807) is 66.7 Å². The first-order valence-electron chi connectivity index (χ1n) is 42.7. The number of carbonyl (C=O) groups is 2. The Morgan fingerprint density at radius 2 is 0.790 bits per heavy atom. The third-order valence-corrected chi connectivity index (χ3v) is 23.7. The molecule has 716 valence electrons. The van der Waals surface area contributed by atoms with Crippen LogP contribution < -0.4 is 37.6 Å². The third kappa shape index (κ3) is 27.9. The summed E-state index contributed by atoms with van der Waals surface area (Å²) in [5, 5.41) is 51.0. The summed E-state index contributed by atoms with van der Waals surface area (Å²) >= 11 is 26.3. The molecule has 0 spiro atoms. The highest BCUT2D eigenvalue weighted by Gasteiger charge is 2.36. The summed E-state index contributed by atoms with van der Waals surface area (Å²) in [4.78, 5) is 83.8. The molecule has 0 radical (unpaired) electrons. The molecule has 9 N–H and O–H groups in total. The Bertz CT molecular complexity index is 6860. The maximum atomic E-state index is 14.5. The zero-order valence-corrected chi connectivity index (χ0v) is 79.4. The van der Waals surface area contributed by atoms with E-state index in [-0.39, 0.29) is 119 Å². The minimum absolute atomic E-state index is 0.0182. The van der Waals surface area contributed by atoms with Crippen LogP contribution in [-0.4, -0.2) is 185 Å². The number of carbonyl (C=O) groups excluding carboxylic acids is 1. The number of carboxylic acid groups (broad SMARTS) is 1. The molecule has 4 saturated heterocycles. The van der Waals surface area contributed by atoms with Crippen LogP contribution >= 0.6 is 62.3 Å². The van der Waals surface area contributed by atoms with E-state index in [0.717, 1.165) is 77.1 Å². The molecular formula is C98H91BrCl4F8N20O7. The van der Waals surface area contributed by atoms with Crippen LogP contribution in [0.2, 0.25) is 20.1 Å². The van der Waals surface area contributed by atoms with Gasteiger partial charge in [-0.2, -0.15) is 0 Å². The zero-order valence-electron chi connectivity index (χ0n) is 74.8. The lowest BCUT2D eigenvalue weighted by molar-refractivity contribution is -0.385. The minimum atomic E-state index is -0.981. The van der Waals surface area contributed by atoms with Crippen molar-refractivity contribution in [3.8, 4) is 47.4 Å². The number of nitrogens with zero attached hydrogens (tertiary/aromatic N) is 13. The fourth-order valence-corrected chi connectivity index (χ4v) is 15.6. The van der Waals surface area contributed by atoms with Gasteiger partial charge in [0, 0.05) is 124 Å². The van der Waals surface area contributed by atoms with Gasteiger partial charge in [-0.3, -0.25) is 44.1 Å². The maximum absolute atomic E-state index is 14.5. The molecule has 138 heavy (non-hydrogen) atoms. The quantitative estimate of drug-likeness (QED) is 0.00668. The van der Waals surface area contributed by atoms with Crippen molar-refractivity contribution in [2.24, 2.45) is 21.7 Å². The van der Waals surface area contributed by atoms with Crippen LogP contribution in [0.15, 0.2) is 172 Å². The highest BCUT2D eigenvalue weighted by atomic mass is 79.9. The largest absolute Gasteiger partial charge is 0.478 e. The Hall–Kier alpha value is -13.5. The highest BCUT2D eigenvalue weighted by molar-refractivity contribution is 9.09. The van der Waals surface area contributed by atoms with Crippen LogP contribution in [0.3, 0.4) is 0 Å². The van der Waals surface area contributed by atoms with E-state index in [0.29, 0.717) is 116 Å². The lowest BCUT2D eigenvalue weighted by Crippen LogP contribution is -2.26. The van der Waals surface area contributed by atoms with Crippen molar-refractivity contribution in [1.82, 2.24) is 59.9 Å². The number of rotatable bonds is 20. The molecule has 40 heteroatoms. The van der Waals surface area contributed by atoms with Crippen LogP contribution in [0.5, 0.6) is 0 Å². The number of anilines is 10. The SMILES string of the molecule is C=CC(=O)Nc1cc2c(Nc3cccc(Cl)c3F)ncnc2cc1C#CC1(C)CCN(CCF)C1.C=CC(=O)O.CC1(C#Cc2cc3ncnc(Nc4cccc(Cl)c4F)c3cc2N)CCN(CCF)C1.CC1(C#Cc2cc3ncnc(Nc4cccc(Cl)c4F)c3cc2[N+](=O)[O-])CCN(CCF)C1.CC1(C#Cc2cc3ncnc(Nc4cccc(Cl)c4F)c3cc2[N+](=O)[O-])CCNC1.FCCBr. The number of nitrogens with two attached hydrogens (primary N) is 1. The number of aliphatic carboxylic acids is 1. The standard InChI is InChI=1S/C26H24ClF2N5O.C23H20ClF2N5O2.C23H22ClF2N5.C21H17ClFN5O2.C3H4O2.C2H4BrF/c1-3-23(35)32-21-14-18-22(13-17(21)7-8-26(2)9-11-34(15-26)12-10-28)30-16-31-25(18)33-20-6-4-5-19(27)24(20)29;1-23(7-9-30(13-23)10-8-25)6-5-15-11-19-16(12-20(15)31(32)33)22(28-14-27-19)29-18-4-2-3-17(24)21(18)26;1-23(7-9-31(13-23)10-8-25)6-5-15-11-20-16(12-18(15)27)22(29-14-28-20)30-19-4-2-3-17(24)21(19)26;1-21(7-8-24-11-21)6-5-13-9-17-14(10-18(13)28(29)30)20(26-12-25-17)27-16-4-2-3-15(22)19(16)23;1-2-3(4)5;3-1-2-4/h3-6,13-14,16H,1,9-12,15H2,2H3,(H,32,35)(H,30,31,33);2-4,11-12,14H,7-10,13H2,1H3,(H,27,28,29);2-4,11-12,14H,7-10,13,27H2,1H3,(H,28,29,30);2-4,9-10,12,24H,7-8,11H2,1H3,(H,25,26,27);2H,1H2,(H,4,5);1-2H2. The molecule has 27 nitrogen and oxygen atoms in total. The number of nitrogen functional groups attached to an aromatic ring is 1. The molecule has 4 fully saturated rings. The number of fused-ring (bicyclic) bond motifs is 4. The summed E-state index contributed by atoms with van der Waals surface area (Å²) in [6, 6.07) is 31.1. The van der Waals surface area contributed by atoms with Gasteiger partial charge in [-0.15, -0.1) is 0 Å². The van der Waals surface area contributed by atoms with E-state index >= 15 is 0 Å². The fraction of sp³-hybridized carbons (Fsp3) is 0.286. The monoisotopic (exact) mass is 2030 g/mol. The average molecular weight is 2030 g/mol. The molecule has 0 saturated carbocycles. The molecule has 0 aliphatic carbocycles. The van der Waals surface area contributed by atoms with Gasteiger partial charge < -0.3 is 42.7 Å². The summed E-state index contributed by atoms with van der Waals surface area (Å²) in [5.74, 6) is 22.6. The number of carboxylic acids is 1. The van der Waals surface area contributed by atoms with Gasteiger partial charge in [-0.25, -0.2) is 75.4 Å². The second-order valence-electron chi connectivity index (χ2n) is 32.9. The second-order valence-corrected chi connectivity index (χ2v) is 35.3. The Kier molecular flexibility index (Phi) is 36.9. The Balaban J connectivity index is 0.000000171. The summed E-state index contributed by atoms with van der Waals surface area (Å²) in [7, 11) is 0. The van der Waals surface area contributed by atoms with Crippen LogP contribution in [0, 0.1) is 113 Å². The number of halogens is 13. The van der Waals surface area contributed by atoms with Crippen LogP contribution in [-0.2, 0) is 9.59 Å². The number of nitrogens with one attached hydrogen (secondary N) is 6. The summed E-state index contributed by atoms with van der Waals surface area (Å²) in [6.07, 6.45) is 10.7.